The van der Waals surface area contributed by atoms with Crippen molar-refractivity contribution in [2.45, 2.75) is 11.8 Å². The van der Waals surface area contributed by atoms with Crippen LogP contribution in [-0.2, 0) is 0 Å². The first kappa shape index (κ1) is 12.8. The Bertz CT molecular complexity index is 872. The van der Waals surface area contributed by atoms with Crippen LogP contribution in [0.2, 0.25) is 0 Å². The van der Waals surface area contributed by atoms with Crippen molar-refractivity contribution < 1.29 is 4.79 Å². The molecule has 2 bridgehead atoms. The molecule has 0 spiro atoms. The zero-order chi connectivity index (χ0) is 15.3. The van der Waals surface area contributed by atoms with E-state index in [1.165, 1.54) is 0 Å². The predicted molar refractivity (Wildman–Crippen MR) is 80.2 cm³/mol. The van der Waals surface area contributed by atoms with Crippen LogP contribution in [0.1, 0.15) is 44.4 Å². The number of carbonyl (C=O) groups is 1. The molecule has 2 aromatic rings. The van der Waals surface area contributed by atoms with Crippen molar-refractivity contribution >= 4 is 6.29 Å². The van der Waals surface area contributed by atoms with Crippen molar-refractivity contribution in [3.63, 3.8) is 0 Å². The van der Waals surface area contributed by atoms with Crippen LogP contribution in [0.5, 0.6) is 0 Å². The van der Waals surface area contributed by atoms with Crippen molar-refractivity contribution in [3.05, 3.63) is 70.3 Å². The average molecular weight is 284 g/mol. The summed E-state index contributed by atoms with van der Waals surface area (Å²) in [6.45, 7) is 0. The van der Waals surface area contributed by atoms with Gasteiger partial charge in [-0.1, -0.05) is 42.5 Å². The second-order valence-electron chi connectivity index (χ2n) is 5.86. The summed E-state index contributed by atoms with van der Waals surface area (Å²) in [5.41, 5.74) is 4.83. The minimum absolute atomic E-state index is 0.120. The average Bonchev–Trinajstić information content (AvgIpc) is 2.60. The highest BCUT2D eigenvalue weighted by Gasteiger charge is 2.50. The van der Waals surface area contributed by atoms with E-state index in [9.17, 15) is 15.3 Å². The van der Waals surface area contributed by atoms with Gasteiger partial charge in [0.2, 0.25) is 0 Å². The first-order valence-electron chi connectivity index (χ1n) is 7.28. The summed E-state index contributed by atoms with van der Waals surface area (Å²) in [6.07, 6.45) is 0.859. The molecule has 3 aliphatic carbocycles. The van der Waals surface area contributed by atoms with Crippen molar-refractivity contribution in [2.75, 3.05) is 0 Å². The maximum Gasteiger partial charge on any atom is 0.150 e. The summed E-state index contributed by atoms with van der Waals surface area (Å²) < 4.78 is 0. The Morgan fingerprint density at radius 2 is 1.41 bits per heavy atom. The highest BCUT2D eigenvalue weighted by molar-refractivity contribution is 5.81. The molecule has 5 rings (SSSR count). The molecule has 0 radical (unpaired) electrons. The van der Waals surface area contributed by atoms with Crippen LogP contribution in [-0.4, -0.2) is 6.29 Å². The van der Waals surface area contributed by atoms with E-state index in [1.54, 1.807) is 6.07 Å². The number of nitrogens with zero attached hydrogens (tertiary/aromatic N) is 2. The SMILES string of the molecule is N#CC1C2c3ccccc3C(c3c(C=O)cccc32)C1C#N. The molecule has 22 heavy (non-hydrogen) atoms. The molecule has 4 atom stereocenters. The van der Waals surface area contributed by atoms with Crippen LogP contribution in [0.4, 0.5) is 0 Å². The van der Waals surface area contributed by atoms with E-state index in [-0.39, 0.29) is 17.8 Å². The van der Waals surface area contributed by atoms with E-state index in [1.807, 2.05) is 36.4 Å². The second-order valence-corrected chi connectivity index (χ2v) is 5.86. The van der Waals surface area contributed by atoms with Gasteiger partial charge < -0.3 is 0 Å². The third-order valence-corrected chi connectivity index (χ3v) is 5.02. The molecule has 0 saturated carbocycles. The Morgan fingerprint density at radius 1 is 0.818 bits per heavy atom. The van der Waals surface area contributed by atoms with Crippen molar-refractivity contribution in [1.82, 2.24) is 0 Å². The fourth-order valence-electron chi connectivity index (χ4n) is 4.22. The molecule has 3 nitrogen and oxygen atoms in total. The molecule has 3 heteroatoms. The number of benzene rings is 2. The van der Waals surface area contributed by atoms with Crippen LogP contribution in [0.15, 0.2) is 42.5 Å². The molecule has 2 aromatic carbocycles. The van der Waals surface area contributed by atoms with E-state index in [0.717, 1.165) is 28.5 Å². The standard InChI is InChI=1S/C19H12N2O/c20-8-15-16(9-21)19-13-6-2-1-5-12(13)18(15)14-7-3-4-11(10-22)17(14)19/h1-7,10,15-16,18-19H. The first-order chi connectivity index (χ1) is 10.8. The van der Waals surface area contributed by atoms with Crippen LogP contribution in [0.3, 0.4) is 0 Å². The summed E-state index contributed by atoms with van der Waals surface area (Å²) in [4.78, 5) is 11.5. The predicted octanol–water partition coefficient (Wildman–Crippen LogP) is 3.37. The van der Waals surface area contributed by atoms with Gasteiger partial charge in [-0.15, -0.1) is 0 Å². The Kier molecular flexibility index (Phi) is 2.65. The number of aldehydes is 1. The molecular formula is C19H12N2O. The molecule has 0 fully saturated rings. The second kappa shape index (κ2) is 4.55. The first-order valence-corrected chi connectivity index (χ1v) is 7.28. The molecule has 0 saturated heterocycles. The van der Waals surface area contributed by atoms with Crippen molar-refractivity contribution in [1.29, 1.82) is 10.5 Å². The van der Waals surface area contributed by atoms with E-state index >= 15 is 0 Å². The van der Waals surface area contributed by atoms with Crippen molar-refractivity contribution in [2.24, 2.45) is 11.8 Å². The number of hydrogen-bond acceptors (Lipinski definition) is 3. The molecule has 0 amide bonds. The maximum atomic E-state index is 11.5. The quantitative estimate of drug-likeness (QED) is 0.754. The van der Waals surface area contributed by atoms with Crippen molar-refractivity contribution in [3.8, 4) is 12.1 Å². The molecule has 0 aliphatic heterocycles. The lowest BCUT2D eigenvalue weighted by Gasteiger charge is -2.46. The Labute approximate surface area is 128 Å². The van der Waals surface area contributed by atoms with Gasteiger partial charge >= 0.3 is 0 Å². The van der Waals surface area contributed by atoms with Gasteiger partial charge in [0.25, 0.3) is 0 Å². The highest BCUT2D eigenvalue weighted by atomic mass is 16.1. The van der Waals surface area contributed by atoms with Crippen LogP contribution in [0, 0.1) is 34.5 Å². The molecule has 0 heterocycles. The third kappa shape index (κ3) is 1.41. The molecule has 3 aliphatic rings. The van der Waals surface area contributed by atoms with Crippen LogP contribution in [0.25, 0.3) is 0 Å². The normalized spacial score (nSPS) is 27.2. The fraction of sp³-hybridized carbons (Fsp3) is 0.211. The summed E-state index contributed by atoms with van der Waals surface area (Å²) >= 11 is 0. The van der Waals surface area contributed by atoms with Gasteiger partial charge in [0.1, 0.15) is 6.29 Å². The van der Waals surface area contributed by atoms with E-state index in [4.69, 9.17) is 0 Å². The van der Waals surface area contributed by atoms with Gasteiger partial charge in [0.05, 0.1) is 24.0 Å². The topological polar surface area (TPSA) is 64.7 Å². The smallest absolute Gasteiger partial charge is 0.150 e. The van der Waals surface area contributed by atoms with Gasteiger partial charge in [-0.25, -0.2) is 0 Å². The van der Waals surface area contributed by atoms with E-state index in [2.05, 4.69) is 12.1 Å². The van der Waals surface area contributed by atoms with Crippen LogP contribution < -0.4 is 0 Å². The van der Waals surface area contributed by atoms with Gasteiger partial charge in [-0.05, 0) is 22.3 Å². The lowest BCUT2D eigenvalue weighted by atomic mass is 9.54. The molecule has 4 unspecified atom stereocenters. The monoisotopic (exact) mass is 284 g/mol. The Balaban J connectivity index is 2.11. The zero-order valence-electron chi connectivity index (χ0n) is 11.7. The van der Waals surface area contributed by atoms with Gasteiger partial charge in [0, 0.05) is 17.4 Å². The summed E-state index contributed by atoms with van der Waals surface area (Å²) in [6, 6.07) is 18.3. The number of nitriles is 2. The lowest BCUT2D eigenvalue weighted by molar-refractivity contribution is 0.112. The molecule has 0 N–H and O–H groups in total. The zero-order valence-corrected chi connectivity index (χ0v) is 11.7. The molecule has 0 aromatic heterocycles. The Morgan fingerprint density at radius 3 is 2.05 bits per heavy atom. The number of fused-ring (bicyclic) bond motifs is 1. The van der Waals surface area contributed by atoms with E-state index < -0.39 is 5.92 Å². The fourth-order valence-corrected chi connectivity index (χ4v) is 4.22. The van der Waals surface area contributed by atoms with Gasteiger partial charge in [-0.3, -0.25) is 4.79 Å². The number of carbonyl (C=O) groups excluding carboxylic acids is 1. The molecular weight excluding hydrogens is 272 g/mol. The minimum Gasteiger partial charge on any atom is -0.298 e. The number of rotatable bonds is 1. The highest BCUT2D eigenvalue weighted by Crippen LogP contribution is 2.58. The third-order valence-electron chi connectivity index (χ3n) is 5.02. The summed E-state index contributed by atoms with van der Waals surface area (Å²) in [7, 11) is 0. The van der Waals surface area contributed by atoms with Crippen LogP contribution >= 0.6 is 0 Å². The Hall–Kier alpha value is -2.91. The number of hydrogen-bond donors (Lipinski definition) is 0. The maximum absolute atomic E-state index is 11.5. The minimum atomic E-state index is -0.404. The molecule has 104 valence electrons. The van der Waals surface area contributed by atoms with Gasteiger partial charge in [-0.2, -0.15) is 10.5 Å². The lowest BCUT2D eigenvalue weighted by Crippen LogP contribution is -2.39. The largest absolute Gasteiger partial charge is 0.298 e. The summed E-state index contributed by atoms with van der Waals surface area (Å²) in [5.74, 6) is -1.07. The van der Waals surface area contributed by atoms with E-state index in [0.29, 0.717) is 5.56 Å². The van der Waals surface area contributed by atoms with Gasteiger partial charge in [0.15, 0.2) is 0 Å². The summed E-state index contributed by atoms with van der Waals surface area (Å²) in [5, 5.41) is 19.3.